The molecule has 1 fully saturated rings. The molecule has 7 heteroatoms. The molecule has 1 aromatic heterocycles. The second-order valence-corrected chi connectivity index (χ2v) is 6.47. The predicted octanol–water partition coefficient (Wildman–Crippen LogP) is 1.49. The molecule has 27 heavy (non-hydrogen) atoms. The molecule has 0 bridgehead atoms. The first kappa shape index (κ1) is 18.6. The summed E-state index contributed by atoms with van der Waals surface area (Å²) in [7, 11) is 0. The first-order valence-corrected chi connectivity index (χ1v) is 8.89. The molecule has 3 rings (SSSR count). The third-order valence-corrected chi connectivity index (χ3v) is 4.64. The van der Waals surface area contributed by atoms with Crippen LogP contribution in [0.1, 0.15) is 39.4 Å². The van der Waals surface area contributed by atoms with Crippen LogP contribution in [0, 0.1) is 0 Å². The smallest absolute Gasteiger partial charge is 0.270 e. The topological polar surface area (TPSA) is 82.6 Å². The molecule has 1 aromatic carbocycles. The average Bonchev–Trinajstić information content (AvgIpc) is 2.74. The van der Waals surface area contributed by atoms with Gasteiger partial charge >= 0.3 is 0 Å². The van der Waals surface area contributed by atoms with Crippen molar-refractivity contribution < 1.29 is 14.4 Å². The van der Waals surface area contributed by atoms with Crippen molar-refractivity contribution in [3.8, 4) is 0 Å². The molecule has 2 aromatic rings. The molecule has 1 unspecified atom stereocenters. The van der Waals surface area contributed by atoms with Gasteiger partial charge in [-0.25, -0.2) is 0 Å². The summed E-state index contributed by atoms with van der Waals surface area (Å²) in [5.41, 5.74) is 1.61. The maximum absolute atomic E-state index is 12.7. The lowest BCUT2D eigenvalue weighted by Crippen LogP contribution is -2.48. The SMILES string of the molecule is CC(NC(=O)c1cc(C(=O)N2CCN(C=O)CC2)ccn1)c1ccccc1. The van der Waals surface area contributed by atoms with E-state index in [0.717, 1.165) is 12.0 Å². The van der Waals surface area contributed by atoms with Gasteiger partial charge in [-0.2, -0.15) is 0 Å². The quantitative estimate of drug-likeness (QED) is 0.813. The highest BCUT2D eigenvalue weighted by molar-refractivity contribution is 5.98. The number of carbonyl (C=O) groups is 3. The molecule has 0 aliphatic carbocycles. The van der Waals surface area contributed by atoms with Gasteiger partial charge in [-0.05, 0) is 24.6 Å². The first-order valence-electron chi connectivity index (χ1n) is 8.89. The van der Waals surface area contributed by atoms with E-state index in [1.807, 2.05) is 37.3 Å². The van der Waals surface area contributed by atoms with E-state index in [9.17, 15) is 14.4 Å². The van der Waals surface area contributed by atoms with E-state index in [2.05, 4.69) is 10.3 Å². The number of aromatic nitrogens is 1. The highest BCUT2D eigenvalue weighted by Gasteiger charge is 2.22. The maximum Gasteiger partial charge on any atom is 0.270 e. The van der Waals surface area contributed by atoms with Crippen LogP contribution in [0.4, 0.5) is 0 Å². The second-order valence-electron chi connectivity index (χ2n) is 6.47. The van der Waals surface area contributed by atoms with E-state index >= 15 is 0 Å². The van der Waals surface area contributed by atoms with Crippen LogP contribution in [-0.2, 0) is 4.79 Å². The first-order chi connectivity index (χ1) is 13.1. The van der Waals surface area contributed by atoms with Crippen LogP contribution in [-0.4, -0.2) is 59.2 Å². The van der Waals surface area contributed by atoms with Crippen LogP contribution >= 0.6 is 0 Å². The Labute approximate surface area is 158 Å². The van der Waals surface area contributed by atoms with Crippen molar-refractivity contribution in [1.29, 1.82) is 0 Å². The Balaban J connectivity index is 1.67. The molecule has 1 aliphatic rings. The Morgan fingerprint density at radius 2 is 1.81 bits per heavy atom. The van der Waals surface area contributed by atoms with Gasteiger partial charge in [0.15, 0.2) is 0 Å². The monoisotopic (exact) mass is 366 g/mol. The lowest BCUT2D eigenvalue weighted by atomic mass is 10.1. The number of benzene rings is 1. The molecule has 1 saturated heterocycles. The highest BCUT2D eigenvalue weighted by atomic mass is 16.2. The summed E-state index contributed by atoms with van der Waals surface area (Å²) in [6.07, 6.45) is 2.27. The van der Waals surface area contributed by atoms with Crippen molar-refractivity contribution in [3.63, 3.8) is 0 Å². The fourth-order valence-electron chi connectivity index (χ4n) is 3.00. The lowest BCUT2D eigenvalue weighted by Gasteiger charge is -2.32. The number of hydrogen-bond donors (Lipinski definition) is 1. The van der Waals surface area contributed by atoms with Crippen molar-refractivity contribution in [2.45, 2.75) is 13.0 Å². The van der Waals surface area contributed by atoms with E-state index in [4.69, 9.17) is 0 Å². The third kappa shape index (κ3) is 4.49. The minimum Gasteiger partial charge on any atom is -0.344 e. The van der Waals surface area contributed by atoms with E-state index in [1.165, 1.54) is 12.3 Å². The largest absolute Gasteiger partial charge is 0.344 e. The fourth-order valence-corrected chi connectivity index (χ4v) is 3.00. The molecule has 0 radical (unpaired) electrons. The van der Waals surface area contributed by atoms with E-state index in [0.29, 0.717) is 31.7 Å². The zero-order valence-electron chi connectivity index (χ0n) is 15.2. The summed E-state index contributed by atoms with van der Waals surface area (Å²) in [5, 5.41) is 2.90. The molecular weight excluding hydrogens is 344 g/mol. The minimum atomic E-state index is -0.327. The normalized spacial score (nSPS) is 15.1. The van der Waals surface area contributed by atoms with Gasteiger partial charge in [0, 0.05) is 37.9 Å². The second kappa shape index (κ2) is 8.44. The Kier molecular flexibility index (Phi) is 5.80. The van der Waals surface area contributed by atoms with E-state index < -0.39 is 0 Å². The zero-order chi connectivity index (χ0) is 19.2. The Morgan fingerprint density at radius 1 is 1.11 bits per heavy atom. The van der Waals surface area contributed by atoms with Crippen molar-refractivity contribution >= 4 is 18.2 Å². The number of nitrogens with zero attached hydrogens (tertiary/aromatic N) is 3. The van der Waals surface area contributed by atoms with E-state index in [-0.39, 0.29) is 23.6 Å². The molecule has 3 amide bonds. The average molecular weight is 366 g/mol. The Bertz CT molecular complexity index is 817. The van der Waals surface area contributed by atoms with Crippen LogP contribution in [0.5, 0.6) is 0 Å². The number of pyridine rings is 1. The molecule has 1 aliphatic heterocycles. The molecule has 1 N–H and O–H groups in total. The molecule has 140 valence electrons. The van der Waals surface area contributed by atoms with Crippen LogP contribution in [0.15, 0.2) is 48.7 Å². The van der Waals surface area contributed by atoms with Gasteiger partial charge in [0.1, 0.15) is 5.69 Å². The molecular formula is C20H22N4O3. The minimum absolute atomic E-state index is 0.159. The summed E-state index contributed by atoms with van der Waals surface area (Å²) >= 11 is 0. The summed E-state index contributed by atoms with van der Waals surface area (Å²) in [6, 6.07) is 12.6. The molecule has 7 nitrogen and oxygen atoms in total. The van der Waals surface area contributed by atoms with Gasteiger partial charge in [0.2, 0.25) is 6.41 Å². The number of carbonyl (C=O) groups excluding carboxylic acids is 3. The van der Waals surface area contributed by atoms with Gasteiger partial charge in [-0.3, -0.25) is 19.4 Å². The van der Waals surface area contributed by atoms with E-state index in [1.54, 1.807) is 15.9 Å². The lowest BCUT2D eigenvalue weighted by molar-refractivity contribution is -0.119. The van der Waals surface area contributed by atoms with Crippen molar-refractivity contribution in [2.24, 2.45) is 0 Å². The molecule has 1 atom stereocenters. The molecule has 0 spiro atoms. The third-order valence-electron chi connectivity index (χ3n) is 4.64. The van der Waals surface area contributed by atoms with Crippen LogP contribution in [0.3, 0.4) is 0 Å². The van der Waals surface area contributed by atoms with Gasteiger partial charge in [-0.15, -0.1) is 0 Å². The summed E-state index contributed by atoms with van der Waals surface area (Å²) in [6.45, 7) is 3.89. The Morgan fingerprint density at radius 3 is 2.48 bits per heavy atom. The summed E-state index contributed by atoms with van der Waals surface area (Å²) in [4.78, 5) is 43.4. The fraction of sp³-hybridized carbons (Fsp3) is 0.300. The number of hydrogen-bond acceptors (Lipinski definition) is 4. The standard InChI is InChI=1S/C20H22N4O3/c1-15(16-5-3-2-4-6-16)22-19(26)18-13-17(7-8-21-18)20(27)24-11-9-23(14-25)10-12-24/h2-8,13-15H,9-12H2,1H3,(H,22,26). The van der Waals surface area contributed by atoms with Crippen LogP contribution in [0.25, 0.3) is 0 Å². The predicted molar refractivity (Wildman–Crippen MR) is 100 cm³/mol. The number of rotatable bonds is 5. The molecule has 0 saturated carbocycles. The van der Waals surface area contributed by atoms with Crippen molar-refractivity contribution in [1.82, 2.24) is 20.1 Å². The van der Waals surface area contributed by atoms with Gasteiger partial charge in [0.05, 0.1) is 6.04 Å². The summed E-state index contributed by atoms with van der Waals surface area (Å²) in [5.74, 6) is -0.486. The van der Waals surface area contributed by atoms with Crippen LogP contribution in [0.2, 0.25) is 0 Å². The van der Waals surface area contributed by atoms with Crippen molar-refractivity contribution in [2.75, 3.05) is 26.2 Å². The zero-order valence-corrected chi connectivity index (χ0v) is 15.2. The van der Waals surface area contributed by atoms with Crippen molar-refractivity contribution in [3.05, 3.63) is 65.5 Å². The van der Waals surface area contributed by atoms with Gasteiger partial charge in [-0.1, -0.05) is 30.3 Å². The molecule has 2 heterocycles. The number of amides is 3. The summed E-state index contributed by atoms with van der Waals surface area (Å²) < 4.78 is 0. The van der Waals surface area contributed by atoms with Crippen LogP contribution < -0.4 is 5.32 Å². The number of piperazine rings is 1. The highest BCUT2D eigenvalue weighted by Crippen LogP contribution is 2.13. The number of nitrogens with one attached hydrogen (secondary N) is 1. The van der Waals surface area contributed by atoms with Gasteiger partial charge < -0.3 is 15.1 Å². The maximum atomic E-state index is 12.7. The Hall–Kier alpha value is -3.22. The van der Waals surface area contributed by atoms with Gasteiger partial charge in [0.25, 0.3) is 11.8 Å².